The van der Waals surface area contributed by atoms with Crippen LogP contribution in [0.5, 0.6) is 0 Å². The van der Waals surface area contributed by atoms with E-state index in [-0.39, 0.29) is 22.9 Å². The van der Waals surface area contributed by atoms with Crippen LogP contribution in [0.4, 0.5) is 16.2 Å². The summed E-state index contributed by atoms with van der Waals surface area (Å²) in [4.78, 5) is 47.8. The lowest BCUT2D eigenvalue weighted by atomic mass is 9.94. The third kappa shape index (κ3) is 5.56. The Hall–Kier alpha value is -1.99. The summed E-state index contributed by atoms with van der Waals surface area (Å²) in [5, 5.41) is 10.7. The zero-order valence-electron chi connectivity index (χ0n) is 17.5. The van der Waals surface area contributed by atoms with Crippen molar-refractivity contribution in [2.24, 2.45) is 11.8 Å². The highest BCUT2D eigenvalue weighted by Crippen LogP contribution is 2.66. The van der Waals surface area contributed by atoms with Crippen molar-refractivity contribution in [2.75, 3.05) is 18.1 Å². The van der Waals surface area contributed by atoms with Gasteiger partial charge in [0.15, 0.2) is 11.5 Å². The first-order valence-electron chi connectivity index (χ1n) is 9.29. The normalized spacial score (nSPS) is 30.6. The van der Waals surface area contributed by atoms with Crippen LogP contribution in [0.25, 0.3) is 11.2 Å². The number of nitrogen functional groups attached to an aromatic ring is 2. The minimum atomic E-state index is -5.77. The Balaban J connectivity index is 1.89. The maximum atomic E-state index is 15.9. The number of terminal acetylenes is 1. The number of aliphatic hydroxyl groups excluding tert-OH is 1. The van der Waals surface area contributed by atoms with Gasteiger partial charge in [-0.2, -0.15) is 18.6 Å². The van der Waals surface area contributed by atoms with Crippen LogP contribution in [-0.2, 0) is 26.8 Å². The van der Waals surface area contributed by atoms with Gasteiger partial charge < -0.3 is 40.7 Å². The molecule has 21 heteroatoms. The third-order valence-electron chi connectivity index (χ3n) is 5.27. The first-order chi connectivity index (χ1) is 15.9. The van der Waals surface area contributed by atoms with Crippen molar-refractivity contribution >= 4 is 46.4 Å². The molecule has 17 nitrogen and oxygen atoms in total. The molecule has 0 bridgehead atoms. The van der Waals surface area contributed by atoms with E-state index in [1.54, 1.807) is 0 Å². The Morgan fingerprint density at radius 1 is 1.20 bits per heavy atom. The number of hydrogen-bond donors (Lipinski definition) is 7. The topological polar surface area (TPSA) is 276 Å². The summed E-state index contributed by atoms with van der Waals surface area (Å²) >= 11 is 0. The fourth-order valence-corrected chi connectivity index (χ4v) is 6.96. The molecule has 2 heterocycles. The second kappa shape index (κ2) is 9.15. The second-order valence-corrected chi connectivity index (χ2v) is 11.9. The van der Waals surface area contributed by atoms with Crippen molar-refractivity contribution in [3.05, 3.63) is 6.33 Å². The van der Waals surface area contributed by atoms with Gasteiger partial charge in [0.1, 0.15) is 11.6 Å². The number of aromatic nitrogens is 4. The average Bonchev–Trinajstić information content (AvgIpc) is 3.15. The molecule has 2 unspecified atom stereocenters. The van der Waals surface area contributed by atoms with Gasteiger partial charge in [0.05, 0.1) is 19.0 Å². The fraction of sp³-hybridized carbons (Fsp3) is 0.500. The Labute approximate surface area is 195 Å². The van der Waals surface area contributed by atoms with Crippen molar-refractivity contribution in [1.29, 1.82) is 0 Å². The van der Waals surface area contributed by atoms with Gasteiger partial charge in [-0.3, -0.25) is 4.52 Å². The lowest BCUT2D eigenvalue weighted by Gasteiger charge is -2.27. The van der Waals surface area contributed by atoms with Gasteiger partial charge in [0.25, 0.3) is 0 Å². The predicted molar refractivity (Wildman–Crippen MR) is 114 cm³/mol. The van der Waals surface area contributed by atoms with Gasteiger partial charge in [-0.15, -0.1) is 6.42 Å². The van der Waals surface area contributed by atoms with Gasteiger partial charge in [-0.05, 0) is 5.92 Å². The van der Waals surface area contributed by atoms with Crippen LogP contribution in [0.15, 0.2) is 6.33 Å². The number of nitrogens with zero attached hydrogens (tertiary/aromatic N) is 4. The minimum absolute atomic E-state index is 0.00939. The summed E-state index contributed by atoms with van der Waals surface area (Å²) in [5.74, 6) is -0.778. The Morgan fingerprint density at radius 3 is 2.40 bits per heavy atom. The van der Waals surface area contributed by atoms with Gasteiger partial charge in [-0.1, -0.05) is 12.8 Å². The molecule has 0 saturated heterocycles. The van der Waals surface area contributed by atoms with E-state index in [0.717, 1.165) is 6.33 Å². The highest BCUT2D eigenvalue weighted by atomic mass is 31.3. The van der Waals surface area contributed by atoms with Crippen LogP contribution in [0, 0.1) is 24.2 Å². The molecule has 3 rings (SSSR count). The Morgan fingerprint density at radius 2 is 1.83 bits per heavy atom. The van der Waals surface area contributed by atoms with Crippen molar-refractivity contribution in [1.82, 2.24) is 19.5 Å². The quantitative estimate of drug-likeness (QED) is 0.163. The first kappa shape index (κ1) is 27.6. The van der Waals surface area contributed by atoms with Crippen LogP contribution in [0.3, 0.4) is 0 Å². The highest BCUT2D eigenvalue weighted by molar-refractivity contribution is 7.66. The number of phosphoric acid groups is 3. The maximum absolute atomic E-state index is 15.9. The van der Waals surface area contributed by atoms with Gasteiger partial charge >= 0.3 is 23.5 Å². The van der Waals surface area contributed by atoms with E-state index >= 15 is 4.39 Å². The summed E-state index contributed by atoms with van der Waals surface area (Å²) < 4.78 is 63.2. The standard InChI is InChI=1S/C14H20FN6O11P3/c1-3-14(15)9(21-5-18-8-11(16)19-13(17)20-12(8)21)6(2)7(10(14)22)4-30-34(26,27)32-35(28,29)31-33(23,24)25/h1,5-7,9-10,22H,4H2,2H3,(H,26,27)(H,28,29)(H2,23,24,25)(H4,16,17,19,20)/t6-,7+,9-,10-,14+/m1/s1. The fourth-order valence-electron chi connectivity index (χ4n) is 3.90. The number of halogens is 1. The number of nitrogens with two attached hydrogens (primary N) is 2. The molecule has 0 aromatic carbocycles. The van der Waals surface area contributed by atoms with Crippen LogP contribution < -0.4 is 11.5 Å². The number of rotatable bonds is 8. The molecular weight excluding hydrogens is 540 g/mol. The highest BCUT2D eigenvalue weighted by Gasteiger charge is 2.60. The van der Waals surface area contributed by atoms with Gasteiger partial charge in [-0.25, -0.2) is 23.1 Å². The molecule has 1 fully saturated rings. The summed E-state index contributed by atoms with van der Waals surface area (Å²) in [6, 6.07) is -1.38. The molecule has 0 aliphatic heterocycles. The van der Waals surface area contributed by atoms with E-state index < -0.39 is 59.7 Å². The number of aliphatic hydroxyl groups is 1. The van der Waals surface area contributed by atoms with E-state index in [2.05, 4.69) is 28.1 Å². The molecule has 35 heavy (non-hydrogen) atoms. The molecule has 194 valence electrons. The number of phosphoric ester groups is 1. The molecule has 2 aromatic heterocycles. The maximum Gasteiger partial charge on any atom is 0.490 e. The molecule has 1 aliphatic rings. The summed E-state index contributed by atoms with van der Waals surface area (Å²) in [5.41, 5.74) is 8.62. The average molecular weight is 560 g/mol. The minimum Gasteiger partial charge on any atom is -0.388 e. The summed E-state index contributed by atoms with van der Waals surface area (Å²) in [7, 11) is -16.9. The number of anilines is 2. The van der Waals surface area contributed by atoms with E-state index in [9.17, 15) is 28.6 Å². The van der Waals surface area contributed by atoms with Crippen LogP contribution in [0.2, 0.25) is 0 Å². The van der Waals surface area contributed by atoms with E-state index in [4.69, 9.17) is 27.7 Å². The molecular formula is C14H20FN6O11P3. The number of fused-ring (bicyclic) bond motifs is 1. The van der Waals surface area contributed by atoms with E-state index in [1.807, 2.05) is 5.92 Å². The monoisotopic (exact) mass is 560 g/mol. The van der Waals surface area contributed by atoms with Crippen LogP contribution in [0.1, 0.15) is 13.0 Å². The number of hydrogen-bond acceptors (Lipinski definition) is 12. The van der Waals surface area contributed by atoms with Crippen molar-refractivity contribution in [2.45, 2.75) is 24.7 Å². The number of imidazole rings is 1. The van der Waals surface area contributed by atoms with Crippen molar-refractivity contribution < 1.29 is 55.9 Å². The number of alkyl halides is 1. The molecule has 9 N–H and O–H groups in total. The molecule has 2 aromatic rings. The lowest BCUT2D eigenvalue weighted by Crippen LogP contribution is -2.40. The zero-order valence-corrected chi connectivity index (χ0v) is 20.2. The zero-order chi connectivity index (χ0) is 26.6. The predicted octanol–water partition coefficient (Wildman–Crippen LogP) is -0.157. The SMILES string of the molecule is C#C[C@@]1(F)[C@H](O)[C@@H](COP(=O)(O)OP(=O)(O)OP(=O)(O)O)[C@@H](C)[C@H]1n1cnc2c(N)nc(N)nc21. The van der Waals surface area contributed by atoms with Crippen LogP contribution >= 0.6 is 23.5 Å². The molecule has 1 saturated carbocycles. The Bertz CT molecular complexity index is 1330. The lowest BCUT2D eigenvalue weighted by molar-refractivity contribution is 0.00292. The van der Waals surface area contributed by atoms with E-state index in [1.165, 1.54) is 11.5 Å². The van der Waals surface area contributed by atoms with Crippen LogP contribution in [-0.4, -0.2) is 62.6 Å². The second-order valence-electron chi connectivity index (χ2n) is 7.50. The summed E-state index contributed by atoms with van der Waals surface area (Å²) in [6.07, 6.45) is 4.51. The van der Waals surface area contributed by atoms with Crippen molar-refractivity contribution in [3.63, 3.8) is 0 Å². The summed E-state index contributed by atoms with van der Waals surface area (Å²) in [6.45, 7) is 0.457. The van der Waals surface area contributed by atoms with Gasteiger partial charge in [0, 0.05) is 5.92 Å². The first-order valence-corrected chi connectivity index (χ1v) is 13.8. The molecule has 1 aliphatic carbocycles. The molecule has 0 radical (unpaired) electrons. The molecule has 0 amide bonds. The third-order valence-corrected chi connectivity index (χ3v) is 9.08. The largest absolute Gasteiger partial charge is 0.490 e. The molecule has 0 spiro atoms. The Kier molecular flexibility index (Phi) is 7.21. The van der Waals surface area contributed by atoms with Gasteiger partial charge in [0.2, 0.25) is 11.6 Å². The van der Waals surface area contributed by atoms with E-state index in [0.29, 0.717) is 0 Å². The molecule has 7 atom stereocenters. The van der Waals surface area contributed by atoms with Crippen molar-refractivity contribution in [3.8, 4) is 12.3 Å². The smallest absolute Gasteiger partial charge is 0.388 e.